The monoisotopic (exact) mass is 523 g/mol. The Morgan fingerprint density at radius 3 is 2.35 bits per heavy atom. The second-order valence-corrected chi connectivity index (χ2v) is 11.9. The van der Waals surface area contributed by atoms with E-state index in [1.807, 2.05) is 26.8 Å². The van der Waals surface area contributed by atoms with Gasteiger partial charge in [0, 0.05) is 13.1 Å². The van der Waals surface area contributed by atoms with Crippen LogP contribution in [0.15, 0.2) is 36.4 Å². The highest BCUT2D eigenvalue weighted by Gasteiger charge is 2.53. The average Bonchev–Trinajstić information content (AvgIpc) is 3.42. The van der Waals surface area contributed by atoms with Crippen molar-refractivity contribution in [1.29, 1.82) is 0 Å². The summed E-state index contributed by atoms with van der Waals surface area (Å²) in [6.07, 6.45) is 4.93. The number of fused-ring (bicyclic) bond motifs is 2. The standard InChI is InChI=1S/C29H34ClN3O4/c1-28(2,3)37-27(36)32-15-11-18(12-16-32)19-9-10-22-20(17-19)29(13-4-5-14-29)26(35)33(22)23-8-6-7-21(30)24(23)25(31)34/h6-10,17-18H,4-5,11-16H2,1-3H3,(H2,31,34). The highest BCUT2D eigenvalue weighted by Crippen LogP contribution is 2.55. The van der Waals surface area contributed by atoms with Crippen LogP contribution >= 0.6 is 11.6 Å². The first-order chi connectivity index (χ1) is 17.5. The van der Waals surface area contributed by atoms with Gasteiger partial charge in [-0.25, -0.2) is 4.79 Å². The Hall–Kier alpha value is -3.06. The lowest BCUT2D eigenvalue weighted by Crippen LogP contribution is -2.41. The van der Waals surface area contributed by atoms with E-state index in [0.29, 0.717) is 24.7 Å². The summed E-state index contributed by atoms with van der Waals surface area (Å²) in [5.74, 6) is -0.378. The van der Waals surface area contributed by atoms with Gasteiger partial charge in [-0.2, -0.15) is 0 Å². The lowest BCUT2D eigenvalue weighted by molar-refractivity contribution is -0.122. The van der Waals surface area contributed by atoms with Crippen molar-refractivity contribution >= 4 is 40.9 Å². The molecule has 1 saturated carbocycles. The Morgan fingerprint density at radius 1 is 1.05 bits per heavy atom. The molecule has 2 aromatic rings. The first-order valence-electron chi connectivity index (χ1n) is 13.1. The number of amides is 3. The molecule has 5 rings (SSSR count). The zero-order valence-electron chi connectivity index (χ0n) is 21.7. The third kappa shape index (κ3) is 4.48. The Morgan fingerprint density at radius 2 is 1.73 bits per heavy atom. The fourth-order valence-corrected chi connectivity index (χ4v) is 6.45. The zero-order valence-corrected chi connectivity index (χ0v) is 22.4. The van der Waals surface area contributed by atoms with Crippen LogP contribution < -0.4 is 10.6 Å². The minimum Gasteiger partial charge on any atom is -0.444 e. The molecular weight excluding hydrogens is 490 g/mol. The van der Waals surface area contributed by atoms with Gasteiger partial charge in [-0.05, 0) is 81.7 Å². The van der Waals surface area contributed by atoms with Crippen molar-refractivity contribution in [2.24, 2.45) is 5.73 Å². The Labute approximate surface area is 222 Å². The number of nitrogens with zero attached hydrogens (tertiary/aromatic N) is 2. The second kappa shape index (κ2) is 9.35. The van der Waals surface area contributed by atoms with Gasteiger partial charge in [0.2, 0.25) is 5.91 Å². The Bertz CT molecular complexity index is 1250. The highest BCUT2D eigenvalue weighted by molar-refractivity contribution is 6.35. The predicted octanol–water partition coefficient (Wildman–Crippen LogP) is 6.04. The molecule has 3 aliphatic rings. The maximum absolute atomic E-state index is 14.1. The van der Waals surface area contributed by atoms with Gasteiger partial charge in [-0.1, -0.05) is 42.6 Å². The number of rotatable bonds is 3. The van der Waals surface area contributed by atoms with E-state index < -0.39 is 16.9 Å². The number of anilines is 2. The highest BCUT2D eigenvalue weighted by atomic mass is 35.5. The molecule has 37 heavy (non-hydrogen) atoms. The van der Waals surface area contributed by atoms with Crippen molar-refractivity contribution in [1.82, 2.24) is 4.90 Å². The molecule has 7 nitrogen and oxygen atoms in total. The summed E-state index contributed by atoms with van der Waals surface area (Å²) in [5.41, 5.74) is 8.18. The molecule has 2 fully saturated rings. The SMILES string of the molecule is CC(C)(C)OC(=O)N1CCC(c2ccc3c(c2)C2(CCCC2)C(=O)N3c2cccc(Cl)c2C(N)=O)CC1. The van der Waals surface area contributed by atoms with Gasteiger partial charge in [0.25, 0.3) is 5.91 Å². The van der Waals surface area contributed by atoms with Crippen molar-refractivity contribution in [2.75, 3.05) is 18.0 Å². The van der Waals surface area contributed by atoms with Crippen molar-refractivity contribution in [3.63, 3.8) is 0 Å². The summed E-state index contributed by atoms with van der Waals surface area (Å²) >= 11 is 6.35. The second-order valence-electron chi connectivity index (χ2n) is 11.4. The van der Waals surface area contributed by atoms with Crippen molar-refractivity contribution < 1.29 is 19.1 Å². The molecule has 8 heteroatoms. The molecule has 2 aliphatic heterocycles. The molecule has 0 aromatic heterocycles. The van der Waals surface area contributed by atoms with E-state index in [4.69, 9.17) is 22.1 Å². The number of likely N-dealkylation sites (tertiary alicyclic amines) is 1. The van der Waals surface area contributed by atoms with Crippen molar-refractivity contribution in [3.05, 3.63) is 58.1 Å². The number of nitrogens with two attached hydrogens (primary N) is 1. The third-order valence-corrected chi connectivity index (χ3v) is 8.26. The minimum atomic E-state index is -0.657. The quantitative estimate of drug-likeness (QED) is 0.530. The van der Waals surface area contributed by atoms with Gasteiger partial charge in [0.1, 0.15) is 5.60 Å². The summed E-state index contributed by atoms with van der Waals surface area (Å²) in [4.78, 5) is 42.3. The number of ether oxygens (including phenoxy) is 1. The predicted molar refractivity (Wildman–Crippen MR) is 143 cm³/mol. The van der Waals surface area contributed by atoms with Crippen LogP contribution in [0.5, 0.6) is 0 Å². The fourth-order valence-electron chi connectivity index (χ4n) is 6.19. The van der Waals surface area contributed by atoms with E-state index in [0.717, 1.165) is 49.8 Å². The number of hydrogen-bond acceptors (Lipinski definition) is 4. The first kappa shape index (κ1) is 25.6. The molecule has 196 valence electrons. The van der Waals surface area contributed by atoms with E-state index in [1.54, 1.807) is 28.0 Å². The van der Waals surface area contributed by atoms with Crippen LogP contribution in [-0.4, -0.2) is 41.5 Å². The van der Waals surface area contributed by atoms with Gasteiger partial charge in [0.05, 0.1) is 27.4 Å². The van der Waals surface area contributed by atoms with Crippen LogP contribution in [0.1, 0.15) is 86.7 Å². The average molecular weight is 524 g/mol. The summed E-state index contributed by atoms with van der Waals surface area (Å²) in [7, 11) is 0. The van der Waals surface area contributed by atoms with Crippen LogP contribution in [0.3, 0.4) is 0 Å². The molecule has 0 atom stereocenters. The smallest absolute Gasteiger partial charge is 0.410 e. The molecule has 1 spiro atoms. The molecule has 0 unspecified atom stereocenters. The van der Waals surface area contributed by atoms with Crippen molar-refractivity contribution in [3.8, 4) is 0 Å². The minimum absolute atomic E-state index is 0.0124. The largest absolute Gasteiger partial charge is 0.444 e. The lowest BCUT2D eigenvalue weighted by atomic mass is 9.78. The van der Waals surface area contributed by atoms with Crippen molar-refractivity contribution in [2.45, 2.75) is 76.2 Å². The molecular formula is C29H34ClN3O4. The molecule has 2 heterocycles. The molecule has 1 saturated heterocycles. The van der Waals surface area contributed by atoms with E-state index >= 15 is 0 Å². The normalized spacial score (nSPS) is 19.4. The number of piperidine rings is 1. The summed E-state index contributed by atoms with van der Waals surface area (Å²) < 4.78 is 5.54. The van der Waals surface area contributed by atoms with Crippen LogP contribution in [0, 0.1) is 0 Å². The number of hydrogen-bond donors (Lipinski definition) is 1. The molecule has 2 aromatic carbocycles. The molecule has 0 radical (unpaired) electrons. The first-order valence-corrected chi connectivity index (χ1v) is 13.4. The molecule has 0 bridgehead atoms. The molecule has 2 N–H and O–H groups in total. The number of carbonyl (C=O) groups is 3. The molecule has 1 aliphatic carbocycles. The van der Waals surface area contributed by atoms with Crippen LogP contribution in [0.2, 0.25) is 5.02 Å². The summed E-state index contributed by atoms with van der Waals surface area (Å²) in [6.45, 7) is 6.90. The zero-order chi connectivity index (χ0) is 26.5. The third-order valence-electron chi connectivity index (χ3n) is 7.94. The van der Waals surface area contributed by atoms with E-state index in [9.17, 15) is 14.4 Å². The van der Waals surface area contributed by atoms with E-state index in [2.05, 4.69) is 12.1 Å². The number of halogens is 1. The number of primary amides is 1. The fraction of sp³-hybridized carbons (Fsp3) is 0.483. The Balaban J connectivity index is 1.47. The van der Waals surface area contributed by atoms with Gasteiger partial charge in [-0.15, -0.1) is 0 Å². The van der Waals surface area contributed by atoms with Crippen LogP contribution in [0.25, 0.3) is 0 Å². The maximum atomic E-state index is 14.1. The van der Waals surface area contributed by atoms with Crippen LogP contribution in [-0.2, 0) is 14.9 Å². The maximum Gasteiger partial charge on any atom is 0.410 e. The Kier molecular flexibility index (Phi) is 6.47. The molecule has 3 amide bonds. The summed E-state index contributed by atoms with van der Waals surface area (Å²) in [5, 5.41) is 0.236. The number of carbonyl (C=O) groups excluding carboxylic acids is 3. The topological polar surface area (TPSA) is 92.9 Å². The van der Waals surface area contributed by atoms with E-state index in [-0.39, 0.29) is 22.6 Å². The van der Waals surface area contributed by atoms with Gasteiger partial charge < -0.3 is 15.4 Å². The van der Waals surface area contributed by atoms with E-state index in [1.165, 1.54) is 5.56 Å². The van der Waals surface area contributed by atoms with Gasteiger partial charge in [0.15, 0.2) is 0 Å². The van der Waals surface area contributed by atoms with Gasteiger partial charge in [-0.3, -0.25) is 14.5 Å². The lowest BCUT2D eigenvalue weighted by Gasteiger charge is -2.34. The van der Waals surface area contributed by atoms with Gasteiger partial charge >= 0.3 is 6.09 Å². The van der Waals surface area contributed by atoms with Crippen LogP contribution in [0.4, 0.5) is 16.2 Å². The number of benzene rings is 2. The summed E-state index contributed by atoms with van der Waals surface area (Å²) in [6, 6.07) is 11.4.